The lowest BCUT2D eigenvalue weighted by atomic mass is 10.1. The van der Waals surface area contributed by atoms with E-state index in [4.69, 9.17) is 0 Å². The molecule has 2 heteroatoms. The Kier molecular flexibility index (Phi) is 4.62. The van der Waals surface area contributed by atoms with Crippen LogP contribution in [0.1, 0.15) is 33.1 Å². The standard InChI is InChI=1S/C10H22N2/c1-3-7-12-8-5-10(6-9-12)11-4-2/h10-11H,3-9H2,1-2H3. The Morgan fingerprint density at radius 3 is 2.42 bits per heavy atom. The van der Waals surface area contributed by atoms with Gasteiger partial charge in [-0.25, -0.2) is 0 Å². The highest BCUT2D eigenvalue weighted by Crippen LogP contribution is 2.09. The minimum Gasteiger partial charge on any atom is -0.314 e. The van der Waals surface area contributed by atoms with Crippen molar-refractivity contribution < 1.29 is 0 Å². The second kappa shape index (κ2) is 5.55. The maximum absolute atomic E-state index is 3.52. The molecule has 12 heavy (non-hydrogen) atoms. The van der Waals surface area contributed by atoms with E-state index < -0.39 is 0 Å². The summed E-state index contributed by atoms with van der Waals surface area (Å²) < 4.78 is 0. The van der Waals surface area contributed by atoms with Crippen molar-refractivity contribution in [3.8, 4) is 0 Å². The van der Waals surface area contributed by atoms with E-state index in [1.54, 1.807) is 0 Å². The second-order valence-electron chi connectivity index (χ2n) is 3.67. The zero-order valence-corrected chi connectivity index (χ0v) is 8.47. The fraction of sp³-hybridized carbons (Fsp3) is 1.00. The van der Waals surface area contributed by atoms with Crippen LogP contribution >= 0.6 is 0 Å². The van der Waals surface area contributed by atoms with Crippen molar-refractivity contribution in [3.05, 3.63) is 0 Å². The smallest absolute Gasteiger partial charge is 0.00912 e. The first kappa shape index (κ1) is 10.0. The predicted molar refractivity (Wildman–Crippen MR) is 53.4 cm³/mol. The molecule has 1 aliphatic rings. The van der Waals surface area contributed by atoms with Crippen molar-refractivity contribution in [2.45, 2.75) is 39.2 Å². The van der Waals surface area contributed by atoms with E-state index in [1.807, 2.05) is 0 Å². The van der Waals surface area contributed by atoms with Crippen LogP contribution < -0.4 is 5.32 Å². The van der Waals surface area contributed by atoms with Crippen molar-refractivity contribution in [1.29, 1.82) is 0 Å². The highest BCUT2D eigenvalue weighted by molar-refractivity contribution is 4.76. The lowest BCUT2D eigenvalue weighted by Gasteiger charge is -2.31. The molecule has 0 amide bonds. The summed E-state index contributed by atoms with van der Waals surface area (Å²) in [5.41, 5.74) is 0. The number of hydrogen-bond acceptors (Lipinski definition) is 2. The van der Waals surface area contributed by atoms with E-state index in [1.165, 1.54) is 38.9 Å². The normalized spacial score (nSPS) is 21.5. The first-order chi connectivity index (χ1) is 5.86. The highest BCUT2D eigenvalue weighted by atomic mass is 15.1. The van der Waals surface area contributed by atoms with Crippen LogP contribution in [-0.4, -0.2) is 37.1 Å². The van der Waals surface area contributed by atoms with Crippen LogP contribution in [0.2, 0.25) is 0 Å². The van der Waals surface area contributed by atoms with Gasteiger partial charge < -0.3 is 10.2 Å². The highest BCUT2D eigenvalue weighted by Gasteiger charge is 2.16. The van der Waals surface area contributed by atoms with Gasteiger partial charge in [0.15, 0.2) is 0 Å². The van der Waals surface area contributed by atoms with Gasteiger partial charge >= 0.3 is 0 Å². The predicted octanol–water partition coefficient (Wildman–Crippen LogP) is 1.47. The van der Waals surface area contributed by atoms with E-state index in [0.717, 1.165) is 12.6 Å². The van der Waals surface area contributed by atoms with Gasteiger partial charge in [-0.15, -0.1) is 0 Å². The Bertz CT molecular complexity index is 92.4. The Balaban J connectivity index is 2.11. The van der Waals surface area contributed by atoms with E-state index in [9.17, 15) is 0 Å². The molecule has 1 aliphatic heterocycles. The first-order valence-electron chi connectivity index (χ1n) is 5.32. The summed E-state index contributed by atoms with van der Waals surface area (Å²) >= 11 is 0. The summed E-state index contributed by atoms with van der Waals surface area (Å²) in [6.07, 6.45) is 3.98. The summed E-state index contributed by atoms with van der Waals surface area (Å²) in [7, 11) is 0. The third kappa shape index (κ3) is 3.11. The number of piperidine rings is 1. The van der Waals surface area contributed by atoms with Crippen molar-refractivity contribution in [2.24, 2.45) is 0 Å². The van der Waals surface area contributed by atoms with Crippen LogP contribution in [0, 0.1) is 0 Å². The van der Waals surface area contributed by atoms with E-state index in [2.05, 4.69) is 24.1 Å². The molecule has 0 spiro atoms. The molecule has 0 bridgehead atoms. The third-order valence-corrected chi connectivity index (χ3v) is 2.62. The van der Waals surface area contributed by atoms with Crippen LogP contribution in [-0.2, 0) is 0 Å². The SMILES string of the molecule is CCCN1CCC(NCC)CC1. The van der Waals surface area contributed by atoms with Crippen LogP contribution in [0.4, 0.5) is 0 Å². The van der Waals surface area contributed by atoms with Gasteiger partial charge in [-0.3, -0.25) is 0 Å². The Hall–Kier alpha value is -0.0800. The Morgan fingerprint density at radius 1 is 1.25 bits per heavy atom. The number of likely N-dealkylation sites (tertiary alicyclic amines) is 1. The van der Waals surface area contributed by atoms with Gasteiger partial charge in [0.05, 0.1) is 0 Å². The summed E-state index contributed by atoms with van der Waals surface area (Å²) in [4.78, 5) is 2.58. The first-order valence-corrected chi connectivity index (χ1v) is 5.32. The van der Waals surface area contributed by atoms with Crippen molar-refractivity contribution in [1.82, 2.24) is 10.2 Å². The fourth-order valence-corrected chi connectivity index (χ4v) is 1.97. The minimum atomic E-state index is 0.795. The molecule has 1 saturated heterocycles. The Labute approximate surface area is 76.3 Å². The molecule has 0 aromatic heterocycles. The summed E-state index contributed by atoms with van der Waals surface area (Å²) in [6, 6.07) is 0.795. The zero-order valence-electron chi connectivity index (χ0n) is 8.47. The molecular formula is C10H22N2. The second-order valence-corrected chi connectivity index (χ2v) is 3.67. The maximum Gasteiger partial charge on any atom is 0.00912 e. The molecule has 0 atom stereocenters. The van der Waals surface area contributed by atoms with Crippen molar-refractivity contribution in [3.63, 3.8) is 0 Å². The molecule has 1 heterocycles. The zero-order chi connectivity index (χ0) is 8.81. The van der Waals surface area contributed by atoms with Crippen molar-refractivity contribution >= 4 is 0 Å². The van der Waals surface area contributed by atoms with E-state index in [-0.39, 0.29) is 0 Å². The molecule has 0 aliphatic carbocycles. The lowest BCUT2D eigenvalue weighted by molar-refractivity contribution is 0.199. The molecule has 2 nitrogen and oxygen atoms in total. The number of nitrogens with zero attached hydrogens (tertiary/aromatic N) is 1. The van der Waals surface area contributed by atoms with Gasteiger partial charge in [-0.2, -0.15) is 0 Å². The van der Waals surface area contributed by atoms with Crippen LogP contribution in [0.5, 0.6) is 0 Å². The number of nitrogens with one attached hydrogen (secondary N) is 1. The van der Waals surface area contributed by atoms with Gasteiger partial charge in [0, 0.05) is 6.04 Å². The largest absolute Gasteiger partial charge is 0.314 e. The lowest BCUT2D eigenvalue weighted by Crippen LogP contribution is -2.42. The molecular weight excluding hydrogens is 148 g/mol. The molecule has 1 N–H and O–H groups in total. The van der Waals surface area contributed by atoms with Crippen molar-refractivity contribution in [2.75, 3.05) is 26.2 Å². The average molecular weight is 170 g/mol. The molecule has 72 valence electrons. The molecule has 0 saturated carbocycles. The summed E-state index contributed by atoms with van der Waals surface area (Å²) in [5, 5.41) is 3.52. The third-order valence-electron chi connectivity index (χ3n) is 2.62. The number of hydrogen-bond donors (Lipinski definition) is 1. The average Bonchev–Trinajstić information content (AvgIpc) is 2.09. The molecule has 0 unspecified atom stereocenters. The summed E-state index contributed by atoms with van der Waals surface area (Å²) in [6.45, 7) is 9.46. The minimum absolute atomic E-state index is 0.795. The fourth-order valence-electron chi connectivity index (χ4n) is 1.97. The van der Waals surface area contributed by atoms with Gasteiger partial charge in [-0.1, -0.05) is 13.8 Å². The summed E-state index contributed by atoms with van der Waals surface area (Å²) in [5.74, 6) is 0. The van der Waals surface area contributed by atoms with E-state index >= 15 is 0 Å². The van der Waals surface area contributed by atoms with Gasteiger partial charge in [-0.05, 0) is 45.4 Å². The van der Waals surface area contributed by atoms with Crippen LogP contribution in [0.15, 0.2) is 0 Å². The van der Waals surface area contributed by atoms with Gasteiger partial charge in [0.2, 0.25) is 0 Å². The molecule has 1 rings (SSSR count). The van der Waals surface area contributed by atoms with Crippen LogP contribution in [0.3, 0.4) is 0 Å². The quantitative estimate of drug-likeness (QED) is 0.687. The topological polar surface area (TPSA) is 15.3 Å². The van der Waals surface area contributed by atoms with Gasteiger partial charge in [0.1, 0.15) is 0 Å². The Morgan fingerprint density at radius 2 is 1.92 bits per heavy atom. The van der Waals surface area contributed by atoms with Gasteiger partial charge in [0.25, 0.3) is 0 Å². The monoisotopic (exact) mass is 170 g/mol. The molecule has 0 aromatic rings. The molecule has 1 fully saturated rings. The molecule has 0 radical (unpaired) electrons. The number of rotatable bonds is 4. The van der Waals surface area contributed by atoms with E-state index in [0.29, 0.717) is 0 Å². The maximum atomic E-state index is 3.52. The van der Waals surface area contributed by atoms with Crippen LogP contribution in [0.25, 0.3) is 0 Å². The molecule has 0 aromatic carbocycles.